The molecule has 0 saturated heterocycles. The first kappa shape index (κ1) is 13.6. The van der Waals surface area contributed by atoms with Crippen molar-refractivity contribution in [1.82, 2.24) is 4.98 Å². The van der Waals surface area contributed by atoms with Crippen LogP contribution in [0, 0.1) is 5.92 Å². The standard InChI is InChI=1S/C15H19N3O/c1-11(2)6-7-13(19)9-12-10-15(18-17-12)14-5-3-4-8-16-14/h3-5,8,11H,6-7,9-10H2,1-2H3. The third-order valence-electron chi connectivity index (χ3n) is 3.05. The summed E-state index contributed by atoms with van der Waals surface area (Å²) in [6, 6.07) is 5.71. The number of nitrogens with zero attached hydrogens (tertiary/aromatic N) is 3. The van der Waals surface area contributed by atoms with E-state index in [1.54, 1.807) is 6.20 Å². The van der Waals surface area contributed by atoms with Crippen LogP contribution in [-0.4, -0.2) is 22.2 Å². The summed E-state index contributed by atoms with van der Waals surface area (Å²) in [5, 5.41) is 8.23. The van der Waals surface area contributed by atoms with Crippen molar-refractivity contribution in [2.45, 2.75) is 39.5 Å². The minimum Gasteiger partial charge on any atom is -0.299 e. The lowest BCUT2D eigenvalue weighted by Crippen LogP contribution is -2.11. The summed E-state index contributed by atoms with van der Waals surface area (Å²) in [7, 11) is 0. The van der Waals surface area contributed by atoms with Gasteiger partial charge in [0.15, 0.2) is 0 Å². The van der Waals surface area contributed by atoms with Crippen LogP contribution >= 0.6 is 0 Å². The zero-order valence-electron chi connectivity index (χ0n) is 11.5. The van der Waals surface area contributed by atoms with Gasteiger partial charge >= 0.3 is 0 Å². The summed E-state index contributed by atoms with van der Waals surface area (Å²) >= 11 is 0. The summed E-state index contributed by atoms with van der Waals surface area (Å²) in [4.78, 5) is 16.0. The summed E-state index contributed by atoms with van der Waals surface area (Å²) in [5.74, 6) is 0.819. The number of pyridine rings is 1. The zero-order chi connectivity index (χ0) is 13.7. The van der Waals surface area contributed by atoms with E-state index in [0.717, 1.165) is 23.5 Å². The van der Waals surface area contributed by atoms with Crippen molar-refractivity contribution in [2.75, 3.05) is 0 Å². The summed E-state index contributed by atoms with van der Waals surface area (Å²) < 4.78 is 0. The maximum atomic E-state index is 11.8. The number of carbonyl (C=O) groups excluding carboxylic acids is 1. The molecular weight excluding hydrogens is 238 g/mol. The molecule has 19 heavy (non-hydrogen) atoms. The lowest BCUT2D eigenvalue weighted by Gasteiger charge is -2.03. The van der Waals surface area contributed by atoms with Gasteiger partial charge in [-0.1, -0.05) is 19.9 Å². The lowest BCUT2D eigenvalue weighted by molar-refractivity contribution is -0.118. The highest BCUT2D eigenvalue weighted by molar-refractivity contribution is 6.18. The van der Waals surface area contributed by atoms with Gasteiger partial charge in [0.2, 0.25) is 0 Å². The molecule has 0 radical (unpaired) electrons. The van der Waals surface area contributed by atoms with Crippen LogP contribution in [0.15, 0.2) is 34.6 Å². The maximum absolute atomic E-state index is 11.8. The van der Waals surface area contributed by atoms with Crippen molar-refractivity contribution in [3.05, 3.63) is 30.1 Å². The van der Waals surface area contributed by atoms with Crippen molar-refractivity contribution in [2.24, 2.45) is 16.1 Å². The molecule has 0 spiro atoms. The van der Waals surface area contributed by atoms with Crippen LogP contribution in [0.5, 0.6) is 0 Å². The van der Waals surface area contributed by atoms with Gasteiger partial charge in [-0.3, -0.25) is 9.78 Å². The topological polar surface area (TPSA) is 54.7 Å². The normalized spacial score (nSPS) is 14.5. The van der Waals surface area contributed by atoms with E-state index in [2.05, 4.69) is 29.0 Å². The second-order valence-electron chi connectivity index (χ2n) is 5.25. The van der Waals surface area contributed by atoms with Gasteiger partial charge in [0.1, 0.15) is 5.78 Å². The van der Waals surface area contributed by atoms with Crippen molar-refractivity contribution in [1.29, 1.82) is 0 Å². The molecular formula is C15H19N3O. The third kappa shape index (κ3) is 4.09. The number of carbonyl (C=O) groups is 1. The average Bonchev–Trinajstić information content (AvgIpc) is 2.86. The minimum absolute atomic E-state index is 0.255. The fourth-order valence-corrected chi connectivity index (χ4v) is 1.93. The first-order chi connectivity index (χ1) is 9.15. The van der Waals surface area contributed by atoms with E-state index in [-0.39, 0.29) is 5.78 Å². The number of aromatic nitrogens is 1. The molecule has 0 N–H and O–H groups in total. The van der Waals surface area contributed by atoms with Gasteiger partial charge in [-0.2, -0.15) is 10.2 Å². The molecule has 1 aliphatic rings. The largest absolute Gasteiger partial charge is 0.299 e. The molecule has 0 atom stereocenters. The van der Waals surface area contributed by atoms with Crippen molar-refractivity contribution in [3.8, 4) is 0 Å². The van der Waals surface area contributed by atoms with Gasteiger partial charge in [0.05, 0.1) is 17.1 Å². The Morgan fingerprint density at radius 3 is 2.84 bits per heavy atom. The fraction of sp³-hybridized carbons (Fsp3) is 0.467. The van der Waals surface area contributed by atoms with E-state index in [0.29, 0.717) is 25.2 Å². The number of hydrogen-bond donors (Lipinski definition) is 0. The fourth-order valence-electron chi connectivity index (χ4n) is 1.93. The Bertz CT molecular complexity index is 503. The molecule has 0 aromatic carbocycles. The first-order valence-corrected chi connectivity index (χ1v) is 6.70. The van der Waals surface area contributed by atoms with Crippen LogP contribution in [0.25, 0.3) is 0 Å². The quantitative estimate of drug-likeness (QED) is 0.786. The summed E-state index contributed by atoms with van der Waals surface area (Å²) in [5.41, 5.74) is 2.55. The average molecular weight is 257 g/mol. The molecule has 1 aromatic rings. The van der Waals surface area contributed by atoms with Gasteiger partial charge in [0.25, 0.3) is 0 Å². The molecule has 0 aliphatic carbocycles. The molecule has 1 aliphatic heterocycles. The number of hydrogen-bond acceptors (Lipinski definition) is 4. The zero-order valence-corrected chi connectivity index (χ0v) is 11.5. The molecule has 2 heterocycles. The highest BCUT2D eigenvalue weighted by atomic mass is 16.1. The van der Waals surface area contributed by atoms with Crippen LogP contribution in [-0.2, 0) is 4.79 Å². The Morgan fingerprint density at radius 2 is 2.16 bits per heavy atom. The van der Waals surface area contributed by atoms with Crippen LogP contribution < -0.4 is 0 Å². The number of ketones is 1. The predicted molar refractivity (Wildman–Crippen MR) is 76.5 cm³/mol. The van der Waals surface area contributed by atoms with Gasteiger partial charge in [-0.15, -0.1) is 0 Å². The van der Waals surface area contributed by atoms with Crippen molar-refractivity contribution < 1.29 is 4.79 Å². The highest BCUT2D eigenvalue weighted by Crippen LogP contribution is 2.13. The van der Waals surface area contributed by atoms with Crippen LogP contribution in [0.3, 0.4) is 0 Å². The van der Waals surface area contributed by atoms with E-state index < -0.39 is 0 Å². The molecule has 2 rings (SSSR count). The van der Waals surface area contributed by atoms with Crippen molar-refractivity contribution in [3.63, 3.8) is 0 Å². The SMILES string of the molecule is CC(C)CCC(=O)CC1=NN=C(c2ccccn2)C1. The molecule has 0 fully saturated rings. The minimum atomic E-state index is 0.255. The van der Waals surface area contributed by atoms with E-state index in [1.165, 1.54) is 0 Å². The highest BCUT2D eigenvalue weighted by Gasteiger charge is 2.17. The van der Waals surface area contributed by atoms with E-state index in [4.69, 9.17) is 0 Å². The smallest absolute Gasteiger partial charge is 0.138 e. The van der Waals surface area contributed by atoms with Crippen molar-refractivity contribution >= 4 is 17.2 Å². The van der Waals surface area contributed by atoms with Gasteiger partial charge in [-0.25, -0.2) is 0 Å². The number of rotatable bonds is 6. The Balaban J connectivity index is 1.83. The second kappa shape index (κ2) is 6.36. The summed E-state index contributed by atoms with van der Waals surface area (Å²) in [6.07, 6.45) is 4.39. The van der Waals surface area contributed by atoms with Gasteiger partial charge in [-0.05, 0) is 24.5 Å². The Hall–Kier alpha value is -1.84. The molecule has 0 amide bonds. The van der Waals surface area contributed by atoms with E-state index in [1.807, 2.05) is 18.2 Å². The second-order valence-corrected chi connectivity index (χ2v) is 5.25. The van der Waals surface area contributed by atoms with Gasteiger partial charge < -0.3 is 0 Å². The van der Waals surface area contributed by atoms with Crippen LogP contribution in [0.2, 0.25) is 0 Å². The molecule has 100 valence electrons. The molecule has 4 nitrogen and oxygen atoms in total. The van der Waals surface area contributed by atoms with Crippen LogP contribution in [0.1, 0.15) is 45.2 Å². The Labute approximate surface area is 113 Å². The Morgan fingerprint density at radius 1 is 1.32 bits per heavy atom. The monoisotopic (exact) mass is 257 g/mol. The van der Waals surface area contributed by atoms with Gasteiger partial charge in [0, 0.05) is 25.5 Å². The predicted octanol–water partition coefficient (Wildman–Crippen LogP) is 3.03. The molecule has 0 bridgehead atoms. The molecule has 0 unspecified atom stereocenters. The molecule has 1 aromatic heterocycles. The van der Waals surface area contributed by atoms with Crippen LogP contribution in [0.4, 0.5) is 0 Å². The van der Waals surface area contributed by atoms with E-state index in [9.17, 15) is 4.79 Å². The van der Waals surface area contributed by atoms with E-state index >= 15 is 0 Å². The lowest BCUT2D eigenvalue weighted by atomic mass is 10.0. The first-order valence-electron chi connectivity index (χ1n) is 6.70. The maximum Gasteiger partial charge on any atom is 0.138 e. The summed E-state index contributed by atoms with van der Waals surface area (Å²) in [6.45, 7) is 4.26. The molecule has 0 saturated carbocycles. The third-order valence-corrected chi connectivity index (χ3v) is 3.05. The molecule has 4 heteroatoms. The Kier molecular flexibility index (Phi) is 4.55. The number of Topliss-reactive ketones (excluding diaryl/α,β-unsaturated/α-hetero) is 1.